The summed E-state index contributed by atoms with van der Waals surface area (Å²) >= 11 is 0. The summed E-state index contributed by atoms with van der Waals surface area (Å²) in [7, 11) is 0. The summed E-state index contributed by atoms with van der Waals surface area (Å²) < 4.78 is 0. The SMILES string of the molecule is Nc1c(NC2CCC(=O)NC2c2ccccc2)c(=O)c1=O. The van der Waals surface area contributed by atoms with Crippen molar-refractivity contribution < 1.29 is 4.79 Å². The van der Waals surface area contributed by atoms with E-state index < -0.39 is 10.9 Å². The van der Waals surface area contributed by atoms with Gasteiger partial charge in [-0.15, -0.1) is 0 Å². The number of nitrogens with one attached hydrogen (secondary N) is 2. The van der Waals surface area contributed by atoms with Crippen molar-refractivity contribution in [3.05, 3.63) is 56.3 Å². The minimum Gasteiger partial charge on any atom is -0.394 e. The Balaban J connectivity index is 1.87. The highest BCUT2D eigenvalue weighted by Crippen LogP contribution is 2.27. The van der Waals surface area contributed by atoms with E-state index in [9.17, 15) is 14.4 Å². The Labute approximate surface area is 120 Å². The molecular weight excluding hydrogens is 270 g/mol. The first-order chi connectivity index (χ1) is 10.1. The van der Waals surface area contributed by atoms with E-state index in [0.717, 1.165) is 5.56 Å². The third-order valence-electron chi connectivity index (χ3n) is 3.84. The first-order valence-corrected chi connectivity index (χ1v) is 6.77. The van der Waals surface area contributed by atoms with E-state index in [1.165, 1.54) is 0 Å². The van der Waals surface area contributed by atoms with Crippen LogP contribution in [0.15, 0.2) is 39.9 Å². The maximum atomic E-state index is 11.6. The highest BCUT2D eigenvalue weighted by molar-refractivity contribution is 5.78. The fourth-order valence-electron chi connectivity index (χ4n) is 2.67. The predicted octanol–water partition coefficient (Wildman–Crippen LogP) is 0.297. The van der Waals surface area contributed by atoms with Crippen molar-refractivity contribution in [2.75, 3.05) is 11.1 Å². The Morgan fingerprint density at radius 2 is 1.81 bits per heavy atom. The van der Waals surface area contributed by atoms with Crippen LogP contribution in [0.25, 0.3) is 0 Å². The molecule has 1 saturated heterocycles. The van der Waals surface area contributed by atoms with Gasteiger partial charge in [-0.2, -0.15) is 0 Å². The minimum atomic E-state index is -0.645. The fourth-order valence-corrected chi connectivity index (χ4v) is 2.67. The molecule has 0 aromatic heterocycles. The molecule has 6 nitrogen and oxygen atoms in total. The first kappa shape index (κ1) is 13.4. The summed E-state index contributed by atoms with van der Waals surface area (Å²) in [6, 6.07) is 9.07. The van der Waals surface area contributed by atoms with Gasteiger partial charge in [0.2, 0.25) is 5.91 Å². The highest BCUT2D eigenvalue weighted by Gasteiger charge is 2.32. The Morgan fingerprint density at radius 3 is 2.48 bits per heavy atom. The molecular formula is C15H15N3O3. The lowest BCUT2D eigenvalue weighted by Crippen LogP contribution is -2.48. The topological polar surface area (TPSA) is 101 Å². The maximum absolute atomic E-state index is 11.6. The molecule has 6 heteroatoms. The molecule has 3 rings (SSSR count). The molecule has 108 valence electrons. The van der Waals surface area contributed by atoms with E-state index >= 15 is 0 Å². The van der Waals surface area contributed by atoms with Gasteiger partial charge in [-0.05, 0) is 12.0 Å². The molecule has 0 aliphatic carbocycles. The second-order valence-electron chi connectivity index (χ2n) is 5.19. The summed E-state index contributed by atoms with van der Waals surface area (Å²) in [6.07, 6.45) is 0.944. The van der Waals surface area contributed by atoms with Crippen molar-refractivity contribution in [3.8, 4) is 0 Å². The second kappa shape index (κ2) is 5.05. The van der Waals surface area contributed by atoms with Crippen molar-refractivity contribution in [1.29, 1.82) is 0 Å². The van der Waals surface area contributed by atoms with E-state index in [4.69, 9.17) is 5.73 Å². The van der Waals surface area contributed by atoms with E-state index in [1.807, 2.05) is 30.3 Å². The molecule has 1 fully saturated rings. The van der Waals surface area contributed by atoms with Gasteiger partial charge in [-0.1, -0.05) is 30.3 Å². The van der Waals surface area contributed by atoms with Crippen LogP contribution in [0.2, 0.25) is 0 Å². The lowest BCUT2D eigenvalue weighted by molar-refractivity contribution is -0.123. The number of benzene rings is 1. The number of piperidine rings is 1. The average molecular weight is 285 g/mol. The van der Waals surface area contributed by atoms with E-state index in [1.54, 1.807) is 0 Å². The molecule has 2 aromatic carbocycles. The number of carbonyl (C=O) groups excluding carboxylic acids is 1. The molecule has 0 spiro atoms. The number of anilines is 2. The van der Waals surface area contributed by atoms with Crippen LogP contribution in [0, 0.1) is 0 Å². The Kier molecular flexibility index (Phi) is 3.21. The van der Waals surface area contributed by atoms with Gasteiger partial charge in [0, 0.05) is 6.42 Å². The van der Waals surface area contributed by atoms with Gasteiger partial charge in [0.1, 0.15) is 11.4 Å². The zero-order chi connectivity index (χ0) is 15.0. The van der Waals surface area contributed by atoms with Crippen molar-refractivity contribution in [1.82, 2.24) is 5.32 Å². The van der Waals surface area contributed by atoms with Crippen LogP contribution in [0.1, 0.15) is 24.4 Å². The quantitative estimate of drug-likeness (QED) is 0.704. The minimum absolute atomic E-state index is 0.0243. The van der Waals surface area contributed by atoms with Crippen LogP contribution >= 0.6 is 0 Å². The van der Waals surface area contributed by atoms with E-state index in [-0.39, 0.29) is 29.4 Å². The largest absolute Gasteiger partial charge is 0.394 e. The number of nitrogens with two attached hydrogens (primary N) is 1. The van der Waals surface area contributed by atoms with Crippen LogP contribution in [0.3, 0.4) is 0 Å². The monoisotopic (exact) mass is 285 g/mol. The van der Waals surface area contributed by atoms with Gasteiger partial charge in [-0.25, -0.2) is 0 Å². The normalized spacial score (nSPS) is 22.0. The third-order valence-corrected chi connectivity index (χ3v) is 3.84. The molecule has 21 heavy (non-hydrogen) atoms. The molecule has 4 N–H and O–H groups in total. The summed E-state index contributed by atoms with van der Waals surface area (Å²) in [5.74, 6) is -0.0279. The van der Waals surface area contributed by atoms with Gasteiger partial charge >= 0.3 is 0 Å². The second-order valence-corrected chi connectivity index (χ2v) is 5.19. The zero-order valence-corrected chi connectivity index (χ0v) is 11.3. The van der Waals surface area contributed by atoms with Crippen molar-refractivity contribution >= 4 is 17.3 Å². The van der Waals surface area contributed by atoms with Crippen LogP contribution in [0.5, 0.6) is 0 Å². The fraction of sp³-hybridized carbons (Fsp3) is 0.267. The molecule has 0 saturated carbocycles. The summed E-state index contributed by atoms with van der Waals surface area (Å²) in [4.78, 5) is 34.3. The molecule has 2 unspecified atom stereocenters. The smallest absolute Gasteiger partial charge is 0.253 e. The molecule has 0 bridgehead atoms. The molecule has 2 atom stereocenters. The lowest BCUT2D eigenvalue weighted by atomic mass is 9.91. The molecule has 1 aliphatic rings. The van der Waals surface area contributed by atoms with Gasteiger partial charge in [0.05, 0.1) is 12.1 Å². The number of nitrogen functional groups attached to an aromatic ring is 1. The Bertz CT molecular complexity index is 747. The van der Waals surface area contributed by atoms with Gasteiger partial charge in [0.15, 0.2) is 0 Å². The zero-order valence-electron chi connectivity index (χ0n) is 11.3. The van der Waals surface area contributed by atoms with Crippen molar-refractivity contribution in [3.63, 3.8) is 0 Å². The van der Waals surface area contributed by atoms with Crippen LogP contribution in [0.4, 0.5) is 11.4 Å². The number of amides is 1. The van der Waals surface area contributed by atoms with Crippen molar-refractivity contribution in [2.45, 2.75) is 24.9 Å². The maximum Gasteiger partial charge on any atom is 0.253 e. The molecule has 1 aliphatic heterocycles. The first-order valence-electron chi connectivity index (χ1n) is 6.77. The standard InChI is InChI=1S/C15H15N3O3/c16-11-13(15(21)14(11)20)17-9-6-7-10(19)18-12(9)8-4-2-1-3-5-8/h1-5,9,12,17H,6-7,16H2,(H,18,19). The average Bonchev–Trinajstić information content (AvgIpc) is 2.53. The molecule has 1 heterocycles. The lowest BCUT2D eigenvalue weighted by Gasteiger charge is -2.34. The third kappa shape index (κ3) is 2.29. The number of rotatable bonds is 3. The van der Waals surface area contributed by atoms with Gasteiger partial charge < -0.3 is 16.4 Å². The van der Waals surface area contributed by atoms with Crippen molar-refractivity contribution in [2.24, 2.45) is 0 Å². The summed E-state index contributed by atoms with van der Waals surface area (Å²) in [5, 5.41) is 5.94. The Morgan fingerprint density at radius 1 is 1.10 bits per heavy atom. The molecule has 2 aromatic rings. The number of hydrogen-bond acceptors (Lipinski definition) is 5. The number of carbonyl (C=O) groups is 1. The Hall–Kier alpha value is -2.63. The van der Waals surface area contributed by atoms with Gasteiger partial charge in [0.25, 0.3) is 10.9 Å². The van der Waals surface area contributed by atoms with Crippen LogP contribution in [-0.2, 0) is 4.79 Å². The molecule has 0 radical (unpaired) electrons. The highest BCUT2D eigenvalue weighted by atomic mass is 16.2. The van der Waals surface area contributed by atoms with E-state index in [2.05, 4.69) is 10.6 Å². The summed E-state index contributed by atoms with van der Waals surface area (Å²) in [6.45, 7) is 0. The molecule has 1 amide bonds. The van der Waals surface area contributed by atoms with Crippen LogP contribution in [-0.4, -0.2) is 11.9 Å². The predicted molar refractivity (Wildman–Crippen MR) is 79.7 cm³/mol. The van der Waals surface area contributed by atoms with Gasteiger partial charge in [-0.3, -0.25) is 14.4 Å². The summed E-state index contributed by atoms with van der Waals surface area (Å²) in [5.41, 5.74) is 5.40. The van der Waals surface area contributed by atoms with E-state index in [0.29, 0.717) is 12.8 Å². The number of hydrogen-bond donors (Lipinski definition) is 3. The van der Waals surface area contributed by atoms with Crippen LogP contribution < -0.4 is 27.2 Å².